The summed E-state index contributed by atoms with van der Waals surface area (Å²) in [4.78, 5) is 11.9. The molecular weight excluding hydrogens is 382 g/mol. The molecule has 0 spiro atoms. The van der Waals surface area contributed by atoms with Crippen LogP contribution in [0.2, 0.25) is 0 Å². The van der Waals surface area contributed by atoms with Crippen molar-refractivity contribution in [3.63, 3.8) is 0 Å². The molecule has 0 aliphatic rings. The van der Waals surface area contributed by atoms with E-state index in [0.717, 1.165) is 32.2 Å². The number of benzene rings is 1. The fourth-order valence-electron chi connectivity index (χ4n) is 2.23. The molecule has 0 radical (unpaired) electrons. The lowest BCUT2D eigenvalue weighted by Crippen LogP contribution is -2.17. The lowest BCUT2D eigenvalue weighted by molar-refractivity contribution is -0.142. The first-order valence-electron chi connectivity index (χ1n) is 7.24. The second kappa shape index (κ2) is 7.05. The van der Waals surface area contributed by atoms with Gasteiger partial charge in [-0.1, -0.05) is 0 Å². The van der Waals surface area contributed by atoms with Gasteiger partial charge >= 0.3 is 18.3 Å². The molecule has 2 rings (SSSR count). The van der Waals surface area contributed by atoms with E-state index in [1.165, 1.54) is 6.92 Å². The number of hydrogen-bond acceptors (Lipinski definition) is 5. The van der Waals surface area contributed by atoms with Gasteiger partial charge in [0.25, 0.3) is 5.88 Å². The molecular formula is C16H12F6N2O3. The molecule has 146 valence electrons. The Morgan fingerprint density at radius 1 is 1.00 bits per heavy atom. The number of rotatable bonds is 3. The Morgan fingerprint density at radius 2 is 1.63 bits per heavy atom. The molecule has 0 atom stereocenters. The van der Waals surface area contributed by atoms with E-state index in [4.69, 9.17) is 4.74 Å². The monoisotopic (exact) mass is 394 g/mol. The topological polar surface area (TPSA) is 61.3 Å². The molecule has 0 aliphatic carbocycles. The predicted molar refractivity (Wildman–Crippen MR) is 79.4 cm³/mol. The smallest absolute Gasteiger partial charge is 0.435 e. The van der Waals surface area contributed by atoms with Gasteiger partial charge in [0.15, 0.2) is 5.69 Å². The maximum absolute atomic E-state index is 13.0. The Bertz CT molecular complexity index is 878. The van der Waals surface area contributed by atoms with Gasteiger partial charge in [-0.05, 0) is 37.6 Å². The van der Waals surface area contributed by atoms with Gasteiger partial charge in [-0.3, -0.25) is 0 Å². The van der Waals surface area contributed by atoms with Crippen LogP contribution < -0.4 is 4.74 Å². The summed E-state index contributed by atoms with van der Waals surface area (Å²) in [6.45, 7) is 2.28. The molecule has 0 N–H and O–H groups in total. The predicted octanol–water partition coefficient (Wildman–Crippen LogP) is 4.71. The summed E-state index contributed by atoms with van der Waals surface area (Å²) in [6, 6.07) is 2.48. The maximum atomic E-state index is 13.0. The Balaban J connectivity index is 2.54. The van der Waals surface area contributed by atoms with E-state index >= 15 is 0 Å². The molecule has 0 saturated carbocycles. The number of ether oxygens (including phenoxy) is 2. The highest BCUT2D eigenvalue weighted by molar-refractivity contribution is 5.93. The van der Waals surface area contributed by atoms with Crippen molar-refractivity contribution in [2.75, 3.05) is 7.11 Å². The fourth-order valence-corrected chi connectivity index (χ4v) is 2.23. The van der Waals surface area contributed by atoms with Crippen LogP contribution in [0.5, 0.6) is 11.6 Å². The van der Waals surface area contributed by atoms with Crippen LogP contribution in [0.3, 0.4) is 0 Å². The highest BCUT2D eigenvalue weighted by Crippen LogP contribution is 2.37. The summed E-state index contributed by atoms with van der Waals surface area (Å²) < 4.78 is 86.8. The van der Waals surface area contributed by atoms with Crippen molar-refractivity contribution in [1.82, 2.24) is 10.2 Å². The number of aromatic nitrogens is 2. The first kappa shape index (κ1) is 20.5. The molecule has 0 fully saturated rings. The van der Waals surface area contributed by atoms with Gasteiger partial charge in [0, 0.05) is 5.56 Å². The number of carbonyl (C=O) groups is 1. The molecule has 0 aliphatic heterocycles. The van der Waals surface area contributed by atoms with Crippen LogP contribution in [-0.2, 0) is 17.1 Å². The van der Waals surface area contributed by atoms with E-state index in [-0.39, 0.29) is 11.3 Å². The average Bonchev–Trinajstić information content (AvgIpc) is 2.54. The Morgan fingerprint density at radius 3 is 2.11 bits per heavy atom. The Kier molecular flexibility index (Phi) is 5.34. The molecule has 1 aromatic heterocycles. The number of alkyl halides is 6. The molecule has 27 heavy (non-hydrogen) atoms. The number of nitrogens with zero attached hydrogens (tertiary/aromatic N) is 2. The Labute approximate surface area is 148 Å². The van der Waals surface area contributed by atoms with Crippen molar-refractivity contribution in [2.45, 2.75) is 26.2 Å². The van der Waals surface area contributed by atoms with E-state index in [1.807, 2.05) is 0 Å². The molecule has 0 unspecified atom stereocenters. The summed E-state index contributed by atoms with van der Waals surface area (Å²) in [6.07, 6.45) is -9.45. The maximum Gasteiger partial charge on any atom is 0.435 e. The van der Waals surface area contributed by atoms with Gasteiger partial charge in [-0.15, -0.1) is 10.2 Å². The summed E-state index contributed by atoms with van der Waals surface area (Å²) >= 11 is 0. The number of methoxy groups -OCH3 is 1. The summed E-state index contributed by atoms with van der Waals surface area (Å²) in [7, 11) is 0.947. The average molecular weight is 394 g/mol. The van der Waals surface area contributed by atoms with Crippen LogP contribution in [0.15, 0.2) is 18.2 Å². The lowest BCUT2D eigenvalue weighted by atomic mass is 10.1. The van der Waals surface area contributed by atoms with Crippen LogP contribution in [0.25, 0.3) is 0 Å². The third kappa shape index (κ3) is 4.29. The first-order valence-corrected chi connectivity index (χ1v) is 7.24. The van der Waals surface area contributed by atoms with Crippen molar-refractivity contribution >= 4 is 5.97 Å². The lowest BCUT2D eigenvalue weighted by Gasteiger charge is -2.16. The number of carbonyl (C=O) groups excluding carboxylic acids is 1. The second-order valence-corrected chi connectivity index (χ2v) is 5.42. The molecule has 5 nitrogen and oxygen atoms in total. The first-order chi connectivity index (χ1) is 12.4. The van der Waals surface area contributed by atoms with Gasteiger partial charge in [-0.25, -0.2) is 4.79 Å². The summed E-state index contributed by atoms with van der Waals surface area (Å²) in [5, 5.41) is 6.29. The zero-order valence-corrected chi connectivity index (χ0v) is 14.1. The van der Waals surface area contributed by atoms with Gasteiger partial charge in [0.2, 0.25) is 0 Å². The minimum atomic E-state index is -4.87. The van der Waals surface area contributed by atoms with E-state index in [9.17, 15) is 31.1 Å². The highest BCUT2D eigenvalue weighted by atomic mass is 19.4. The van der Waals surface area contributed by atoms with Gasteiger partial charge < -0.3 is 9.47 Å². The zero-order chi connectivity index (χ0) is 20.6. The van der Waals surface area contributed by atoms with Crippen molar-refractivity contribution in [1.29, 1.82) is 0 Å². The Hall–Kier alpha value is -2.85. The highest BCUT2D eigenvalue weighted by Gasteiger charge is 2.38. The van der Waals surface area contributed by atoms with Gasteiger partial charge in [-0.2, -0.15) is 26.3 Å². The SMILES string of the molecule is COC(=O)c1c(Oc2ccc(C(F)(F)F)cc2C)nnc(C(F)(F)F)c1C. The van der Waals surface area contributed by atoms with Gasteiger partial charge in [0.1, 0.15) is 11.3 Å². The molecule has 0 saturated heterocycles. The van der Waals surface area contributed by atoms with Crippen LogP contribution in [0.4, 0.5) is 26.3 Å². The van der Waals surface area contributed by atoms with Crippen molar-refractivity contribution in [3.8, 4) is 11.6 Å². The largest absolute Gasteiger partial charge is 0.465 e. The van der Waals surface area contributed by atoms with Crippen molar-refractivity contribution in [2.24, 2.45) is 0 Å². The molecule has 2 aromatic rings. The standard InChI is InChI=1S/C16H12F6N2O3/c1-7-6-9(15(17,18)19)4-5-10(7)27-13-11(14(25)26-3)8(2)12(23-24-13)16(20,21)22/h4-6H,1-3H3. The third-order valence-corrected chi connectivity index (χ3v) is 3.55. The van der Waals surface area contributed by atoms with E-state index in [1.54, 1.807) is 0 Å². The minimum absolute atomic E-state index is 0.0278. The third-order valence-electron chi connectivity index (χ3n) is 3.55. The number of hydrogen-bond donors (Lipinski definition) is 0. The fraction of sp³-hybridized carbons (Fsp3) is 0.312. The van der Waals surface area contributed by atoms with Crippen molar-refractivity contribution < 1.29 is 40.6 Å². The molecule has 1 heterocycles. The molecule has 0 bridgehead atoms. The summed E-state index contributed by atoms with van der Waals surface area (Å²) in [5.74, 6) is -1.91. The van der Waals surface area contributed by atoms with E-state index in [0.29, 0.717) is 0 Å². The van der Waals surface area contributed by atoms with E-state index < -0.39 is 46.6 Å². The van der Waals surface area contributed by atoms with Crippen molar-refractivity contribution in [3.05, 3.63) is 46.1 Å². The second-order valence-electron chi connectivity index (χ2n) is 5.42. The van der Waals surface area contributed by atoms with Crippen LogP contribution in [0, 0.1) is 13.8 Å². The minimum Gasteiger partial charge on any atom is -0.465 e. The quantitative estimate of drug-likeness (QED) is 0.557. The van der Waals surface area contributed by atoms with Gasteiger partial charge in [0.05, 0.1) is 12.7 Å². The molecule has 1 aromatic carbocycles. The zero-order valence-electron chi connectivity index (χ0n) is 14.1. The van der Waals surface area contributed by atoms with Crippen LogP contribution >= 0.6 is 0 Å². The normalized spacial score (nSPS) is 12.0. The molecule has 0 amide bonds. The number of halogens is 6. The van der Waals surface area contributed by atoms with E-state index in [2.05, 4.69) is 14.9 Å². The number of aryl methyl sites for hydroxylation is 1. The van der Waals surface area contributed by atoms with Crippen LogP contribution in [0.1, 0.15) is 32.7 Å². The number of esters is 1. The summed E-state index contributed by atoms with van der Waals surface area (Å²) in [5.41, 5.74) is -3.52. The van der Waals surface area contributed by atoms with Crippen LogP contribution in [-0.4, -0.2) is 23.3 Å². The molecule has 11 heteroatoms.